The number of hydroxylamine groups is 1. The molecule has 1 fully saturated rings. The molecule has 2 amide bonds. The van der Waals surface area contributed by atoms with Gasteiger partial charge in [-0.1, -0.05) is 6.07 Å². The molecule has 0 saturated carbocycles. The zero-order chi connectivity index (χ0) is 14.0. The Bertz CT molecular complexity index is 493. The van der Waals surface area contributed by atoms with Gasteiger partial charge in [-0.25, -0.2) is 5.48 Å². The molecule has 1 aliphatic rings. The molecule has 5 nitrogen and oxygen atoms in total. The Balaban J connectivity index is 2.19. The minimum absolute atomic E-state index is 0.167. The van der Waals surface area contributed by atoms with Crippen LogP contribution in [-0.2, 0) is 14.4 Å². The summed E-state index contributed by atoms with van der Waals surface area (Å²) in [6, 6.07) is 5.97. The molecule has 0 radical (unpaired) electrons. The number of hydrogen-bond donors (Lipinski definition) is 1. The molecule has 0 aromatic heterocycles. The van der Waals surface area contributed by atoms with Crippen molar-refractivity contribution >= 4 is 17.5 Å². The van der Waals surface area contributed by atoms with E-state index in [4.69, 9.17) is 0 Å². The lowest BCUT2D eigenvalue weighted by Gasteiger charge is -2.18. The van der Waals surface area contributed by atoms with Crippen molar-refractivity contribution < 1.29 is 14.4 Å². The molecule has 1 aliphatic heterocycles. The normalized spacial score (nSPS) is 18.8. The molecule has 19 heavy (non-hydrogen) atoms. The summed E-state index contributed by atoms with van der Waals surface area (Å²) in [5.74, 6) is -1.19. The fourth-order valence-electron chi connectivity index (χ4n) is 2.46. The Morgan fingerprint density at radius 3 is 2.53 bits per heavy atom. The van der Waals surface area contributed by atoms with E-state index in [1.54, 1.807) is 4.90 Å². The van der Waals surface area contributed by atoms with Crippen LogP contribution in [0.4, 0.5) is 5.69 Å². The Labute approximate surface area is 112 Å². The summed E-state index contributed by atoms with van der Waals surface area (Å²) in [5, 5.41) is 0. The number of amides is 2. The van der Waals surface area contributed by atoms with E-state index in [-0.39, 0.29) is 11.8 Å². The van der Waals surface area contributed by atoms with E-state index in [0.29, 0.717) is 13.0 Å². The van der Waals surface area contributed by atoms with Crippen LogP contribution < -0.4 is 10.4 Å². The second-order valence-electron chi connectivity index (χ2n) is 4.85. The Kier molecular flexibility index (Phi) is 3.85. The Hall–Kier alpha value is -1.88. The van der Waals surface area contributed by atoms with Gasteiger partial charge in [-0.05, 0) is 43.5 Å². The predicted molar refractivity (Wildman–Crippen MR) is 71.5 cm³/mol. The molecule has 1 atom stereocenters. The van der Waals surface area contributed by atoms with Gasteiger partial charge in [-0.15, -0.1) is 0 Å². The summed E-state index contributed by atoms with van der Waals surface area (Å²) in [6.45, 7) is 4.54. The van der Waals surface area contributed by atoms with E-state index in [9.17, 15) is 9.59 Å². The van der Waals surface area contributed by atoms with Crippen LogP contribution in [-0.4, -0.2) is 25.5 Å². The van der Waals surface area contributed by atoms with Crippen LogP contribution >= 0.6 is 0 Å². The molecular weight excluding hydrogens is 244 g/mol. The van der Waals surface area contributed by atoms with Crippen molar-refractivity contribution in [3.63, 3.8) is 0 Å². The van der Waals surface area contributed by atoms with E-state index < -0.39 is 5.92 Å². The lowest BCUT2D eigenvalue weighted by atomic mass is 10.1. The molecule has 0 unspecified atom stereocenters. The first-order chi connectivity index (χ1) is 9.02. The number of aryl methyl sites for hydroxylation is 2. The van der Waals surface area contributed by atoms with E-state index in [0.717, 1.165) is 16.8 Å². The van der Waals surface area contributed by atoms with Crippen LogP contribution in [0.1, 0.15) is 17.5 Å². The molecular formula is C14H18N2O3. The number of hydrogen-bond acceptors (Lipinski definition) is 3. The van der Waals surface area contributed by atoms with Crippen molar-refractivity contribution in [1.82, 2.24) is 5.48 Å². The SMILES string of the molecule is CONC(=O)[C@@H]1CCN(c2cc(C)cc(C)c2)C1=O. The highest BCUT2D eigenvalue weighted by molar-refractivity contribution is 6.09. The van der Waals surface area contributed by atoms with Gasteiger partial charge in [0, 0.05) is 12.2 Å². The van der Waals surface area contributed by atoms with E-state index in [1.807, 2.05) is 26.0 Å². The molecule has 5 heteroatoms. The first-order valence-corrected chi connectivity index (χ1v) is 6.25. The first kappa shape index (κ1) is 13.5. The van der Waals surface area contributed by atoms with Gasteiger partial charge in [0.1, 0.15) is 5.92 Å². The quantitative estimate of drug-likeness (QED) is 0.660. The Morgan fingerprint density at radius 1 is 1.32 bits per heavy atom. The van der Waals surface area contributed by atoms with Crippen LogP contribution in [0.5, 0.6) is 0 Å². The fraction of sp³-hybridized carbons (Fsp3) is 0.429. The van der Waals surface area contributed by atoms with Gasteiger partial charge < -0.3 is 4.90 Å². The zero-order valence-corrected chi connectivity index (χ0v) is 11.4. The smallest absolute Gasteiger partial charge is 0.256 e. The summed E-state index contributed by atoms with van der Waals surface area (Å²) in [5.41, 5.74) is 5.29. The third-order valence-corrected chi connectivity index (χ3v) is 3.24. The Morgan fingerprint density at radius 2 is 1.95 bits per heavy atom. The van der Waals surface area contributed by atoms with Crippen molar-refractivity contribution in [2.75, 3.05) is 18.6 Å². The molecule has 0 spiro atoms. The van der Waals surface area contributed by atoms with Gasteiger partial charge in [0.25, 0.3) is 5.91 Å². The van der Waals surface area contributed by atoms with Crippen LogP contribution in [0.15, 0.2) is 18.2 Å². The van der Waals surface area contributed by atoms with Gasteiger partial charge >= 0.3 is 0 Å². The molecule has 0 bridgehead atoms. The number of nitrogens with zero attached hydrogens (tertiary/aromatic N) is 1. The average molecular weight is 262 g/mol. The number of anilines is 1. The molecule has 0 aliphatic carbocycles. The minimum Gasteiger partial charge on any atom is -0.312 e. The summed E-state index contributed by atoms with van der Waals surface area (Å²) in [7, 11) is 1.36. The summed E-state index contributed by atoms with van der Waals surface area (Å²) in [6.07, 6.45) is 0.515. The molecule has 1 aromatic rings. The van der Waals surface area contributed by atoms with Crippen LogP contribution in [0.3, 0.4) is 0 Å². The van der Waals surface area contributed by atoms with Crippen LogP contribution in [0.25, 0.3) is 0 Å². The summed E-state index contributed by atoms with van der Waals surface area (Å²) >= 11 is 0. The van der Waals surface area contributed by atoms with E-state index >= 15 is 0 Å². The van der Waals surface area contributed by atoms with Gasteiger partial charge in [0.15, 0.2) is 0 Å². The van der Waals surface area contributed by atoms with E-state index in [1.165, 1.54) is 7.11 Å². The lowest BCUT2D eigenvalue weighted by molar-refractivity contribution is -0.139. The van der Waals surface area contributed by atoms with Gasteiger partial charge in [0.2, 0.25) is 5.91 Å². The van der Waals surface area contributed by atoms with Gasteiger partial charge in [-0.3, -0.25) is 14.4 Å². The maximum absolute atomic E-state index is 12.3. The third kappa shape index (κ3) is 2.76. The van der Waals surface area contributed by atoms with E-state index in [2.05, 4.69) is 16.4 Å². The number of carbonyl (C=O) groups is 2. The second-order valence-corrected chi connectivity index (χ2v) is 4.85. The third-order valence-electron chi connectivity index (χ3n) is 3.24. The highest BCUT2D eigenvalue weighted by atomic mass is 16.6. The van der Waals surface area contributed by atoms with Crippen molar-refractivity contribution in [2.45, 2.75) is 20.3 Å². The predicted octanol–water partition coefficient (Wildman–Crippen LogP) is 1.33. The molecule has 2 rings (SSSR count). The molecule has 1 N–H and O–H groups in total. The maximum Gasteiger partial charge on any atom is 0.256 e. The van der Waals surface area contributed by atoms with Crippen LogP contribution in [0, 0.1) is 19.8 Å². The van der Waals surface area contributed by atoms with Crippen molar-refractivity contribution in [3.8, 4) is 0 Å². The maximum atomic E-state index is 12.3. The second kappa shape index (κ2) is 5.40. The van der Waals surface area contributed by atoms with Crippen molar-refractivity contribution in [2.24, 2.45) is 5.92 Å². The number of nitrogens with one attached hydrogen (secondary N) is 1. The molecule has 1 saturated heterocycles. The van der Waals surface area contributed by atoms with Gasteiger partial charge in [0.05, 0.1) is 7.11 Å². The van der Waals surface area contributed by atoms with Gasteiger partial charge in [-0.2, -0.15) is 0 Å². The average Bonchev–Trinajstić information content (AvgIpc) is 2.70. The fourth-order valence-corrected chi connectivity index (χ4v) is 2.46. The largest absolute Gasteiger partial charge is 0.312 e. The number of rotatable bonds is 3. The monoisotopic (exact) mass is 262 g/mol. The van der Waals surface area contributed by atoms with Crippen molar-refractivity contribution in [1.29, 1.82) is 0 Å². The molecule has 1 heterocycles. The summed E-state index contributed by atoms with van der Waals surface area (Å²) < 4.78 is 0. The summed E-state index contributed by atoms with van der Waals surface area (Å²) in [4.78, 5) is 30.2. The molecule has 102 valence electrons. The topological polar surface area (TPSA) is 58.6 Å². The first-order valence-electron chi connectivity index (χ1n) is 6.25. The lowest BCUT2D eigenvalue weighted by Crippen LogP contribution is -2.36. The number of carbonyl (C=O) groups excluding carboxylic acids is 2. The highest BCUT2D eigenvalue weighted by Gasteiger charge is 2.37. The zero-order valence-electron chi connectivity index (χ0n) is 11.4. The molecule has 1 aromatic carbocycles. The highest BCUT2D eigenvalue weighted by Crippen LogP contribution is 2.27. The number of benzene rings is 1. The standard InChI is InChI=1S/C14H18N2O3/c1-9-6-10(2)8-11(7-9)16-5-4-12(14(16)18)13(17)15-19-3/h6-8,12H,4-5H2,1-3H3,(H,15,17)/t12-/m0/s1. The minimum atomic E-state index is -0.652. The van der Waals surface area contributed by atoms with Crippen molar-refractivity contribution in [3.05, 3.63) is 29.3 Å². The van der Waals surface area contributed by atoms with Crippen LogP contribution in [0.2, 0.25) is 0 Å².